The van der Waals surface area contributed by atoms with E-state index in [-0.39, 0.29) is 77.1 Å². The van der Waals surface area contributed by atoms with E-state index in [1.54, 1.807) is 0 Å². The van der Waals surface area contributed by atoms with Gasteiger partial charge >= 0.3 is 70.8 Å². The molecular weight excluding hydrogens is 367 g/mol. The topological polar surface area (TPSA) is 0 Å². The standard InChI is InChI=1S/Ca.Fe.ISe.Zn.2H/c;;1-2;;;/q+2;;;;2*-1. The molecule has 0 heterocycles. The maximum absolute atomic E-state index is 2.60. The second kappa shape index (κ2) is 25.4. The van der Waals surface area contributed by atoms with E-state index < -0.39 is 0 Å². The average molecular weight is 369 g/mol. The van der Waals surface area contributed by atoms with Crippen LogP contribution in [0.25, 0.3) is 0 Å². The first-order chi connectivity index (χ1) is 1.00. The van der Waals surface area contributed by atoms with Gasteiger partial charge in [0.15, 0.2) is 0 Å². The molecule has 5 heavy (non-hydrogen) atoms. The van der Waals surface area contributed by atoms with Gasteiger partial charge in [-0.15, -0.1) is 0 Å². The molecule has 0 spiro atoms. The second-order valence-corrected chi connectivity index (χ2v) is 0. The molecule has 0 aromatic carbocycles. The van der Waals surface area contributed by atoms with Crippen molar-refractivity contribution in [1.29, 1.82) is 0 Å². The van der Waals surface area contributed by atoms with Crippen molar-refractivity contribution in [1.82, 2.24) is 0 Å². The summed E-state index contributed by atoms with van der Waals surface area (Å²) in [5, 5.41) is 0. The van der Waals surface area contributed by atoms with E-state index in [0.29, 0.717) is 0 Å². The molecule has 5 heteroatoms. The Morgan fingerprint density at radius 3 is 1.40 bits per heavy atom. The Balaban J connectivity index is -0.000000000500. The Labute approximate surface area is 108 Å². The predicted octanol–water partition coefficient (Wildman–Crippen LogP) is 0.344. The molecule has 0 N–H and O–H groups in total. The molecule has 0 aromatic heterocycles. The zero-order valence-corrected chi connectivity index (χ0v) is 12.7. The third-order valence-electron chi connectivity index (χ3n) is 0. The van der Waals surface area contributed by atoms with Crippen molar-refractivity contribution in [3.8, 4) is 0 Å². The van der Waals surface area contributed by atoms with Crippen LogP contribution in [0.4, 0.5) is 0 Å². The summed E-state index contributed by atoms with van der Waals surface area (Å²) in [7, 11) is 0. The zero-order valence-electron chi connectivity index (χ0n) is 4.55. The first-order valence-electron chi connectivity index (χ1n) is 0.154. The van der Waals surface area contributed by atoms with E-state index in [2.05, 4.69) is 12.8 Å². The van der Waals surface area contributed by atoms with Crippen LogP contribution < -0.4 is 0 Å². The molecule has 0 saturated heterocycles. The second-order valence-electron chi connectivity index (χ2n) is 0. The van der Waals surface area contributed by atoms with Crippen LogP contribution in [-0.4, -0.2) is 50.5 Å². The monoisotopic (exact) mass is 369 g/mol. The first-order valence-corrected chi connectivity index (χ1v) is 5.38. The van der Waals surface area contributed by atoms with Crippen molar-refractivity contribution in [3.63, 3.8) is 0 Å². The van der Waals surface area contributed by atoms with Crippen LogP contribution >= 0.6 is 20.3 Å². The summed E-state index contributed by atoms with van der Waals surface area (Å²) in [6.07, 6.45) is 0. The molecule has 0 fully saturated rings. The summed E-state index contributed by atoms with van der Waals surface area (Å²) in [4.78, 5) is 0. The molecular formula is H2CaFeISeZn. The molecule has 0 aliphatic heterocycles. The van der Waals surface area contributed by atoms with Crippen LogP contribution in [0.5, 0.6) is 0 Å². The SMILES string of the molecule is [Ca+2].[Fe].[H-].[H-].[Se]I.[Zn]. The van der Waals surface area contributed by atoms with Crippen molar-refractivity contribution in [2.75, 3.05) is 0 Å². The molecule has 0 unspecified atom stereocenters. The molecule has 0 rings (SSSR count). The number of hydrogen-bond acceptors (Lipinski definition) is 0. The summed E-state index contributed by atoms with van der Waals surface area (Å²) < 4.78 is 0. The van der Waals surface area contributed by atoms with Gasteiger partial charge < -0.3 is 2.85 Å². The Kier molecular flexibility index (Phi) is 119. The fourth-order valence-corrected chi connectivity index (χ4v) is 0. The normalized spacial score (nSPS) is 1.20. The van der Waals surface area contributed by atoms with Gasteiger partial charge in [0, 0.05) is 36.5 Å². The van der Waals surface area contributed by atoms with Crippen LogP contribution in [-0.2, 0) is 36.5 Å². The van der Waals surface area contributed by atoms with Gasteiger partial charge in [0.2, 0.25) is 0 Å². The van der Waals surface area contributed by atoms with Gasteiger partial charge in [-0.25, -0.2) is 0 Å². The Bertz CT molecular complexity index is 17.7. The largest absolute Gasteiger partial charge is 0 e. The maximum Gasteiger partial charge on any atom is 0 e. The van der Waals surface area contributed by atoms with E-state index in [0.717, 1.165) is 0 Å². The minimum Gasteiger partial charge on any atom is 0 e. The van der Waals surface area contributed by atoms with Gasteiger partial charge in [0.05, 0.1) is 0 Å². The van der Waals surface area contributed by atoms with Crippen molar-refractivity contribution in [3.05, 3.63) is 0 Å². The van der Waals surface area contributed by atoms with Crippen molar-refractivity contribution in [2.45, 2.75) is 0 Å². The van der Waals surface area contributed by atoms with Crippen LogP contribution in [0.2, 0.25) is 0 Å². The summed E-state index contributed by atoms with van der Waals surface area (Å²) in [6, 6.07) is 0. The van der Waals surface area contributed by atoms with Crippen LogP contribution in [0.1, 0.15) is 2.85 Å². The summed E-state index contributed by atoms with van der Waals surface area (Å²) in [5.74, 6) is 0. The van der Waals surface area contributed by atoms with Crippen molar-refractivity contribution in [2.24, 2.45) is 0 Å². The number of halogens is 1. The van der Waals surface area contributed by atoms with Gasteiger partial charge in [-0.2, -0.15) is 0 Å². The number of hydrogen-bond donors (Lipinski definition) is 0. The first kappa shape index (κ1) is 23.4. The molecule has 0 atom stereocenters. The van der Waals surface area contributed by atoms with E-state index in [1.165, 1.54) is 0 Å². The van der Waals surface area contributed by atoms with Crippen molar-refractivity contribution >= 4 is 70.8 Å². The Morgan fingerprint density at radius 1 is 1.40 bits per heavy atom. The van der Waals surface area contributed by atoms with Crippen LogP contribution in [0.3, 0.4) is 0 Å². The minimum absolute atomic E-state index is 0. The van der Waals surface area contributed by atoms with Crippen LogP contribution in [0, 0.1) is 0 Å². The van der Waals surface area contributed by atoms with Gasteiger partial charge in [-0.05, 0) is 0 Å². The Hall–Kier alpha value is 3.65. The smallest absolute Gasteiger partial charge is 0 e. The summed E-state index contributed by atoms with van der Waals surface area (Å²) in [6.45, 7) is 0. The van der Waals surface area contributed by atoms with E-state index in [9.17, 15) is 0 Å². The average Bonchev–Trinajstić information content (AvgIpc) is 1.00. The van der Waals surface area contributed by atoms with Crippen molar-refractivity contribution < 1.29 is 39.4 Å². The van der Waals surface area contributed by atoms with Gasteiger partial charge in [-0.3, -0.25) is 0 Å². The van der Waals surface area contributed by atoms with Gasteiger partial charge in [0.25, 0.3) is 0 Å². The fourth-order valence-electron chi connectivity index (χ4n) is 0. The Morgan fingerprint density at radius 2 is 1.40 bits per heavy atom. The molecule has 0 aromatic rings. The third-order valence-corrected chi connectivity index (χ3v) is 0. The fraction of sp³-hybridized carbons (Fsp3) is 0. The molecule has 1 radical (unpaired) electrons. The van der Waals surface area contributed by atoms with Gasteiger partial charge in [-0.1, -0.05) is 0 Å². The van der Waals surface area contributed by atoms with Gasteiger partial charge in [0.1, 0.15) is 0 Å². The molecule has 27 valence electrons. The molecule has 0 aliphatic rings. The van der Waals surface area contributed by atoms with Crippen LogP contribution in [0.15, 0.2) is 0 Å². The van der Waals surface area contributed by atoms with E-state index in [1.807, 2.05) is 20.3 Å². The summed E-state index contributed by atoms with van der Waals surface area (Å²) in [5.41, 5.74) is 0. The van der Waals surface area contributed by atoms with E-state index >= 15 is 0 Å². The van der Waals surface area contributed by atoms with E-state index in [4.69, 9.17) is 0 Å². The molecule has 0 nitrogen and oxygen atoms in total. The number of rotatable bonds is 0. The molecule has 0 bridgehead atoms. The molecule has 0 saturated carbocycles. The quantitative estimate of drug-likeness (QED) is 0.427. The summed E-state index contributed by atoms with van der Waals surface area (Å²) >= 11 is 4.62. The maximum atomic E-state index is 2.60. The molecule has 0 amide bonds. The minimum atomic E-state index is 0. The zero-order chi connectivity index (χ0) is 2.00. The third kappa shape index (κ3) is 18.3. The predicted molar refractivity (Wildman–Crippen MR) is 27.8 cm³/mol. The molecule has 0 aliphatic carbocycles.